The number of ether oxygens (including phenoxy) is 1. The molecule has 1 aromatic carbocycles. The highest BCUT2D eigenvalue weighted by Gasteiger charge is 2.18. The quantitative estimate of drug-likeness (QED) is 0.744. The number of esters is 1. The third kappa shape index (κ3) is 4.19. The van der Waals surface area contributed by atoms with Gasteiger partial charge in [-0.2, -0.15) is 0 Å². The highest BCUT2D eigenvalue weighted by molar-refractivity contribution is 5.98. The Morgan fingerprint density at radius 2 is 2.11 bits per heavy atom. The number of carbonyl (C=O) groups is 3. The standard InChI is InChI=1S/C19H22N4O5/c1-3-11(2)20-19(27)22-16(24)10-28-18(26)12-6-7-13-14(9-12)21-15-5-4-8-23(15)17(13)25/h6-7,9,11H,3-5,8,10H2,1-2H3,(H2,20,22,24,27)/t11-/m1/s1. The summed E-state index contributed by atoms with van der Waals surface area (Å²) in [6.45, 7) is 3.76. The van der Waals surface area contributed by atoms with Crippen LogP contribution in [0.1, 0.15) is 42.9 Å². The van der Waals surface area contributed by atoms with E-state index in [1.165, 1.54) is 18.2 Å². The van der Waals surface area contributed by atoms with Crippen molar-refractivity contribution in [3.8, 4) is 0 Å². The largest absolute Gasteiger partial charge is 0.452 e. The Bertz CT molecular complexity index is 998. The van der Waals surface area contributed by atoms with Crippen LogP contribution in [0.5, 0.6) is 0 Å². The van der Waals surface area contributed by atoms with Crippen LogP contribution in [0.2, 0.25) is 0 Å². The molecule has 3 amide bonds. The SMILES string of the molecule is CC[C@@H](C)NC(=O)NC(=O)COC(=O)c1ccc2c(=O)n3c(nc2c1)CCC3. The van der Waals surface area contributed by atoms with E-state index in [2.05, 4.69) is 15.6 Å². The normalized spacial score (nSPS) is 13.6. The van der Waals surface area contributed by atoms with Crippen molar-refractivity contribution in [2.24, 2.45) is 0 Å². The van der Waals surface area contributed by atoms with Gasteiger partial charge in [0.1, 0.15) is 5.82 Å². The zero-order valence-electron chi connectivity index (χ0n) is 15.8. The molecule has 0 radical (unpaired) electrons. The van der Waals surface area contributed by atoms with Crippen molar-refractivity contribution in [1.29, 1.82) is 0 Å². The van der Waals surface area contributed by atoms with Crippen LogP contribution in [-0.4, -0.2) is 40.1 Å². The van der Waals surface area contributed by atoms with Gasteiger partial charge < -0.3 is 10.1 Å². The fraction of sp³-hybridized carbons (Fsp3) is 0.421. The van der Waals surface area contributed by atoms with E-state index in [4.69, 9.17) is 4.74 Å². The molecular formula is C19H22N4O5. The molecule has 1 aliphatic heterocycles. The molecule has 2 N–H and O–H groups in total. The maximum absolute atomic E-state index is 12.4. The molecule has 1 atom stereocenters. The topological polar surface area (TPSA) is 119 Å². The number of imide groups is 1. The average Bonchev–Trinajstić information content (AvgIpc) is 3.14. The summed E-state index contributed by atoms with van der Waals surface area (Å²) >= 11 is 0. The summed E-state index contributed by atoms with van der Waals surface area (Å²) in [4.78, 5) is 52.4. The summed E-state index contributed by atoms with van der Waals surface area (Å²) in [6.07, 6.45) is 2.31. The van der Waals surface area contributed by atoms with Crippen LogP contribution in [0.25, 0.3) is 10.9 Å². The van der Waals surface area contributed by atoms with Gasteiger partial charge in [0.05, 0.1) is 16.5 Å². The monoisotopic (exact) mass is 386 g/mol. The van der Waals surface area contributed by atoms with E-state index in [1.54, 1.807) is 11.5 Å². The molecule has 0 spiro atoms. The van der Waals surface area contributed by atoms with Crippen molar-refractivity contribution in [3.05, 3.63) is 39.9 Å². The summed E-state index contributed by atoms with van der Waals surface area (Å²) in [7, 11) is 0. The van der Waals surface area contributed by atoms with Crippen LogP contribution in [0, 0.1) is 0 Å². The zero-order chi connectivity index (χ0) is 20.3. The second-order valence-corrected chi connectivity index (χ2v) is 6.73. The predicted molar refractivity (Wildman–Crippen MR) is 101 cm³/mol. The number of fused-ring (bicyclic) bond motifs is 2. The van der Waals surface area contributed by atoms with Crippen molar-refractivity contribution in [1.82, 2.24) is 20.2 Å². The van der Waals surface area contributed by atoms with Crippen LogP contribution in [-0.2, 0) is 22.5 Å². The smallest absolute Gasteiger partial charge is 0.338 e. The maximum atomic E-state index is 12.4. The summed E-state index contributed by atoms with van der Waals surface area (Å²) in [5.41, 5.74) is 0.480. The van der Waals surface area contributed by atoms with Crippen molar-refractivity contribution in [2.75, 3.05) is 6.61 Å². The first-order valence-electron chi connectivity index (χ1n) is 9.20. The van der Waals surface area contributed by atoms with Gasteiger partial charge in [0.2, 0.25) is 0 Å². The zero-order valence-corrected chi connectivity index (χ0v) is 15.8. The van der Waals surface area contributed by atoms with E-state index in [0.29, 0.717) is 23.3 Å². The minimum Gasteiger partial charge on any atom is -0.452 e. The van der Waals surface area contributed by atoms with Crippen LogP contribution in [0.4, 0.5) is 4.79 Å². The van der Waals surface area contributed by atoms with E-state index in [9.17, 15) is 19.2 Å². The van der Waals surface area contributed by atoms with Crippen LogP contribution < -0.4 is 16.2 Å². The number of aromatic nitrogens is 2. The van der Waals surface area contributed by atoms with E-state index < -0.39 is 24.5 Å². The lowest BCUT2D eigenvalue weighted by Crippen LogP contribution is -2.44. The van der Waals surface area contributed by atoms with E-state index in [0.717, 1.165) is 19.3 Å². The highest BCUT2D eigenvalue weighted by Crippen LogP contribution is 2.16. The number of amides is 3. The molecule has 9 heteroatoms. The lowest BCUT2D eigenvalue weighted by molar-refractivity contribution is -0.123. The van der Waals surface area contributed by atoms with Gasteiger partial charge in [0.15, 0.2) is 6.61 Å². The van der Waals surface area contributed by atoms with Crippen LogP contribution >= 0.6 is 0 Å². The van der Waals surface area contributed by atoms with Gasteiger partial charge in [-0.25, -0.2) is 14.6 Å². The molecule has 0 aliphatic carbocycles. The summed E-state index contributed by atoms with van der Waals surface area (Å²) in [6, 6.07) is 3.76. The second kappa shape index (κ2) is 8.20. The second-order valence-electron chi connectivity index (χ2n) is 6.73. The van der Waals surface area contributed by atoms with Gasteiger partial charge >= 0.3 is 12.0 Å². The average molecular weight is 386 g/mol. The molecule has 1 aliphatic rings. The van der Waals surface area contributed by atoms with Gasteiger partial charge in [-0.1, -0.05) is 6.92 Å². The van der Waals surface area contributed by atoms with Gasteiger partial charge in [-0.3, -0.25) is 19.5 Å². The van der Waals surface area contributed by atoms with Crippen molar-refractivity contribution < 1.29 is 19.1 Å². The first kappa shape index (κ1) is 19.5. The Morgan fingerprint density at radius 1 is 1.32 bits per heavy atom. The van der Waals surface area contributed by atoms with E-state index in [-0.39, 0.29) is 17.2 Å². The number of aryl methyl sites for hydroxylation is 1. The van der Waals surface area contributed by atoms with Gasteiger partial charge in [0, 0.05) is 19.0 Å². The van der Waals surface area contributed by atoms with Crippen LogP contribution in [0.15, 0.2) is 23.0 Å². The van der Waals surface area contributed by atoms with Gasteiger partial charge in [-0.15, -0.1) is 0 Å². The highest BCUT2D eigenvalue weighted by atomic mass is 16.5. The number of benzene rings is 1. The van der Waals surface area contributed by atoms with Gasteiger partial charge in [-0.05, 0) is 38.0 Å². The predicted octanol–water partition coefficient (Wildman–Crippen LogP) is 1.12. The summed E-state index contributed by atoms with van der Waals surface area (Å²) in [5, 5.41) is 5.10. The van der Waals surface area contributed by atoms with Crippen molar-refractivity contribution in [3.63, 3.8) is 0 Å². The summed E-state index contributed by atoms with van der Waals surface area (Å²) in [5.74, 6) is -0.763. The van der Waals surface area contributed by atoms with E-state index in [1.807, 2.05) is 6.92 Å². The summed E-state index contributed by atoms with van der Waals surface area (Å²) < 4.78 is 6.60. The molecule has 1 aromatic heterocycles. The third-order valence-electron chi connectivity index (χ3n) is 4.63. The van der Waals surface area contributed by atoms with Crippen LogP contribution in [0.3, 0.4) is 0 Å². The maximum Gasteiger partial charge on any atom is 0.338 e. The Morgan fingerprint density at radius 3 is 2.86 bits per heavy atom. The number of urea groups is 1. The third-order valence-corrected chi connectivity index (χ3v) is 4.63. The molecular weight excluding hydrogens is 364 g/mol. The van der Waals surface area contributed by atoms with Gasteiger partial charge in [0.25, 0.3) is 11.5 Å². The number of hydrogen-bond acceptors (Lipinski definition) is 6. The molecule has 2 heterocycles. The number of rotatable bonds is 5. The van der Waals surface area contributed by atoms with E-state index >= 15 is 0 Å². The molecule has 0 saturated heterocycles. The Hall–Kier alpha value is -3.23. The molecule has 148 valence electrons. The molecule has 0 fully saturated rings. The molecule has 3 rings (SSSR count). The molecule has 2 aromatic rings. The number of nitrogens with one attached hydrogen (secondary N) is 2. The fourth-order valence-electron chi connectivity index (χ4n) is 2.95. The number of hydrogen-bond donors (Lipinski definition) is 2. The minimum atomic E-state index is -0.734. The Labute approximate surface area is 161 Å². The molecule has 9 nitrogen and oxygen atoms in total. The first-order chi connectivity index (χ1) is 13.4. The molecule has 0 bridgehead atoms. The fourth-order valence-corrected chi connectivity index (χ4v) is 2.95. The molecule has 28 heavy (non-hydrogen) atoms. The number of carbonyl (C=O) groups excluding carboxylic acids is 3. The Kier molecular flexibility index (Phi) is 5.72. The number of nitrogens with zero attached hydrogens (tertiary/aromatic N) is 2. The minimum absolute atomic E-state index is 0.0778. The Balaban J connectivity index is 1.64. The lowest BCUT2D eigenvalue weighted by atomic mass is 10.1. The van der Waals surface area contributed by atoms with Crippen molar-refractivity contribution in [2.45, 2.75) is 45.7 Å². The lowest BCUT2D eigenvalue weighted by Gasteiger charge is -2.12. The molecule has 0 saturated carbocycles. The van der Waals surface area contributed by atoms with Crippen molar-refractivity contribution >= 4 is 28.8 Å². The molecule has 0 unspecified atom stereocenters. The first-order valence-corrected chi connectivity index (χ1v) is 9.20.